The summed E-state index contributed by atoms with van der Waals surface area (Å²) >= 11 is 12.3. The number of benzene rings is 1. The van der Waals surface area contributed by atoms with Crippen LogP contribution in [0.1, 0.15) is 18.5 Å². The summed E-state index contributed by atoms with van der Waals surface area (Å²) in [7, 11) is 0. The van der Waals surface area contributed by atoms with Crippen LogP contribution in [0.3, 0.4) is 0 Å². The third-order valence-electron chi connectivity index (χ3n) is 4.20. The molecule has 2 N–H and O–H groups in total. The predicted molar refractivity (Wildman–Crippen MR) is 104 cm³/mol. The van der Waals surface area contributed by atoms with Crippen molar-refractivity contribution < 1.29 is 4.79 Å². The van der Waals surface area contributed by atoms with Crippen LogP contribution in [0.5, 0.6) is 0 Å². The van der Waals surface area contributed by atoms with Gasteiger partial charge in [-0.3, -0.25) is 4.79 Å². The summed E-state index contributed by atoms with van der Waals surface area (Å²) in [6, 6.07) is 10.0. The molecule has 3 aromatic rings. The minimum Gasteiger partial charge on any atom is -0.328 e. The zero-order chi connectivity index (χ0) is 19.0. The molecule has 1 atom stereocenters. The molecule has 1 aliphatic rings. The van der Waals surface area contributed by atoms with Crippen LogP contribution in [-0.4, -0.2) is 25.7 Å². The number of anilines is 2. The van der Waals surface area contributed by atoms with Crippen molar-refractivity contribution >= 4 is 40.9 Å². The van der Waals surface area contributed by atoms with Gasteiger partial charge in [0.1, 0.15) is 18.2 Å². The molecule has 4 rings (SSSR count). The molecule has 1 aliphatic heterocycles. The Bertz CT molecular complexity index is 1050. The Morgan fingerprint density at radius 3 is 2.78 bits per heavy atom. The second-order valence-electron chi connectivity index (χ2n) is 5.94. The van der Waals surface area contributed by atoms with E-state index in [1.807, 2.05) is 13.0 Å². The van der Waals surface area contributed by atoms with Gasteiger partial charge in [0, 0.05) is 11.9 Å². The topological polar surface area (TPSA) is 84.7 Å². The van der Waals surface area contributed by atoms with Crippen molar-refractivity contribution in [3.63, 3.8) is 0 Å². The predicted octanol–water partition coefficient (Wildman–Crippen LogP) is 3.91. The van der Waals surface area contributed by atoms with Crippen LogP contribution < -0.4 is 10.6 Å². The maximum Gasteiger partial charge on any atom is 0.257 e. The van der Waals surface area contributed by atoms with Crippen LogP contribution >= 0.6 is 23.2 Å². The van der Waals surface area contributed by atoms with E-state index in [1.165, 1.54) is 6.33 Å². The van der Waals surface area contributed by atoms with E-state index < -0.39 is 6.04 Å². The first kappa shape index (κ1) is 17.5. The number of carbonyl (C=O) groups is 1. The lowest BCUT2D eigenvalue weighted by atomic mass is 9.95. The van der Waals surface area contributed by atoms with E-state index >= 15 is 0 Å². The lowest BCUT2D eigenvalue weighted by Gasteiger charge is -2.28. The van der Waals surface area contributed by atoms with Gasteiger partial charge >= 0.3 is 0 Å². The van der Waals surface area contributed by atoms with E-state index in [0.717, 1.165) is 5.56 Å². The molecule has 9 heteroatoms. The molecule has 0 radical (unpaired) electrons. The van der Waals surface area contributed by atoms with Crippen LogP contribution in [0, 0.1) is 0 Å². The number of nitrogens with one attached hydrogen (secondary N) is 2. The van der Waals surface area contributed by atoms with Gasteiger partial charge in [-0.2, -0.15) is 10.1 Å². The Kier molecular flexibility index (Phi) is 4.55. The number of amides is 1. The number of rotatable bonds is 3. The number of nitrogens with zero attached hydrogens (tertiary/aromatic N) is 4. The summed E-state index contributed by atoms with van der Waals surface area (Å²) in [4.78, 5) is 21.4. The minimum absolute atomic E-state index is 0.295. The SMILES string of the molecule is CC1=C(C(=O)Nc2ccccn2)C(c2ccc(Cl)c(Cl)c2)n2ncnc2N1. The quantitative estimate of drug-likeness (QED) is 0.695. The highest BCUT2D eigenvalue weighted by Crippen LogP contribution is 2.37. The van der Waals surface area contributed by atoms with Crippen LogP contribution in [-0.2, 0) is 4.79 Å². The van der Waals surface area contributed by atoms with Crippen molar-refractivity contribution in [2.75, 3.05) is 10.6 Å². The zero-order valence-corrected chi connectivity index (χ0v) is 15.7. The van der Waals surface area contributed by atoms with E-state index in [9.17, 15) is 4.79 Å². The van der Waals surface area contributed by atoms with Gasteiger partial charge in [-0.15, -0.1) is 0 Å². The molecule has 136 valence electrons. The molecule has 0 spiro atoms. The van der Waals surface area contributed by atoms with Crippen molar-refractivity contribution in [2.24, 2.45) is 0 Å². The Hall–Kier alpha value is -2.90. The highest BCUT2D eigenvalue weighted by atomic mass is 35.5. The molecule has 1 unspecified atom stereocenters. The average Bonchev–Trinajstić information content (AvgIpc) is 3.11. The molecular formula is C18H14Cl2N6O. The maximum atomic E-state index is 13.1. The Balaban J connectivity index is 1.79. The molecule has 0 aliphatic carbocycles. The number of hydrogen-bond donors (Lipinski definition) is 2. The van der Waals surface area contributed by atoms with Crippen LogP contribution in [0.4, 0.5) is 11.8 Å². The van der Waals surface area contributed by atoms with Crippen molar-refractivity contribution in [3.8, 4) is 0 Å². The number of hydrogen-bond acceptors (Lipinski definition) is 5. The summed E-state index contributed by atoms with van der Waals surface area (Å²) in [5, 5.41) is 11.0. The number of halogens is 2. The molecule has 0 bridgehead atoms. The first-order chi connectivity index (χ1) is 13.0. The fourth-order valence-electron chi connectivity index (χ4n) is 3.00. The summed E-state index contributed by atoms with van der Waals surface area (Å²) in [5.41, 5.74) is 1.92. The highest BCUT2D eigenvalue weighted by Gasteiger charge is 2.33. The second kappa shape index (κ2) is 7.02. The fourth-order valence-corrected chi connectivity index (χ4v) is 3.30. The van der Waals surface area contributed by atoms with Gasteiger partial charge in [0.15, 0.2) is 0 Å². The molecule has 1 amide bonds. The smallest absolute Gasteiger partial charge is 0.257 e. The molecule has 0 fully saturated rings. The van der Waals surface area contributed by atoms with E-state index in [-0.39, 0.29) is 5.91 Å². The van der Waals surface area contributed by atoms with E-state index in [2.05, 4.69) is 25.7 Å². The Morgan fingerprint density at radius 2 is 2.04 bits per heavy atom. The molecule has 0 saturated carbocycles. The second-order valence-corrected chi connectivity index (χ2v) is 6.75. The van der Waals surface area contributed by atoms with E-state index in [4.69, 9.17) is 23.2 Å². The average molecular weight is 401 g/mol. The van der Waals surface area contributed by atoms with E-state index in [1.54, 1.807) is 41.2 Å². The van der Waals surface area contributed by atoms with Gasteiger partial charge in [-0.25, -0.2) is 9.67 Å². The molecular weight excluding hydrogens is 387 g/mol. The van der Waals surface area contributed by atoms with Gasteiger partial charge in [-0.05, 0) is 36.8 Å². The third-order valence-corrected chi connectivity index (χ3v) is 4.94. The number of allylic oxidation sites excluding steroid dienone is 1. The number of pyridine rings is 1. The van der Waals surface area contributed by atoms with Gasteiger partial charge in [0.05, 0.1) is 15.6 Å². The monoisotopic (exact) mass is 400 g/mol. The molecule has 0 saturated heterocycles. The molecule has 27 heavy (non-hydrogen) atoms. The molecule has 3 heterocycles. The zero-order valence-electron chi connectivity index (χ0n) is 14.1. The summed E-state index contributed by atoms with van der Waals surface area (Å²) in [5.74, 6) is 0.703. The normalized spacial score (nSPS) is 15.9. The first-order valence-corrected chi connectivity index (χ1v) is 8.85. The van der Waals surface area contributed by atoms with Crippen molar-refractivity contribution in [2.45, 2.75) is 13.0 Å². The number of fused-ring (bicyclic) bond motifs is 1. The molecule has 7 nitrogen and oxygen atoms in total. The Labute approximate surface area is 165 Å². The summed E-state index contributed by atoms with van der Waals surface area (Å²) < 4.78 is 1.64. The lowest BCUT2D eigenvalue weighted by molar-refractivity contribution is -0.113. The van der Waals surface area contributed by atoms with Gasteiger partial charge in [-0.1, -0.05) is 35.3 Å². The van der Waals surface area contributed by atoms with Gasteiger partial charge < -0.3 is 10.6 Å². The highest BCUT2D eigenvalue weighted by molar-refractivity contribution is 6.42. The summed E-state index contributed by atoms with van der Waals surface area (Å²) in [6.07, 6.45) is 3.04. The van der Waals surface area contributed by atoms with Gasteiger partial charge in [0.25, 0.3) is 5.91 Å². The van der Waals surface area contributed by atoms with Crippen molar-refractivity contribution in [1.82, 2.24) is 19.7 Å². The van der Waals surface area contributed by atoms with Crippen molar-refractivity contribution in [3.05, 3.63) is 75.8 Å². The van der Waals surface area contributed by atoms with Crippen LogP contribution in [0.2, 0.25) is 10.0 Å². The third kappa shape index (κ3) is 3.27. The van der Waals surface area contributed by atoms with Crippen molar-refractivity contribution in [1.29, 1.82) is 0 Å². The molecule has 2 aromatic heterocycles. The lowest BCUT2D eigenvalue weighted by Crippen LogP contribution is -2.31. The number of aromatic nitrogens is 4. The number of carbonyl (C=O) groups excluding carboxylic acids is 1. The summed E-state index contributed by atoms with van der Waals surface area (Å²) in [6.45, 7) is 1.82. The minimum atomic E-state index is -0.512. The van der Waals surface area contributed by atoms with E-state index in [0.29, 0.717) is 33.1 Å². The largest absolute Gasteiger partial charge is 0.328 e. The van der Waals surface area contributed by atoms with Crippen LogP contribution in [0.15, 0.2) is 60.2 Å². The Morgan fingerprint density at radius 1 is 1.19 bits per heavy atom. The first-order valence-electron chi connectivity index (χ1n) is 8.09. The fraction of sp³-hybridized carbons (Fsp3) is 0.111. The maximum absolute atomic E-state index is 13.1. The standard InChI is InChI=1S/C18H14Cl2N6O/c1-10-15(17(27)25-14-4-2-3-7-21-14)16(26-18(24-10)22-9-23-26)11-5-6-12(19)13(20)8-11/h2-9,16H,1H3,(H,21,25,27)(H,22,23,24). The van der Waals surface area contributed by atoms with Gasteiger partial charge in [0.2, 0.25) is 5.95 Å². The van der Waals surface area contributed by atoms with Crippen LogP contribution in [0.25, 0.3) is 0 Å². The molecule has 1 aromatic carbocycles.